The molecule has 1 atom stereocenters. The number of nitrogens with zero attached hydrogens (tertiary/aromatic N) is 4. The number of benzene rings is 2. The van der Waals surface area contributed by atoms with Crippen molar-refractivity contribution >= 4 is 39.7 Å². The minimum absolute atomic E-state index is 0.00233. The number of Topliss-reactive ketones (excluding diaryl/α,β-unsaturated/α-hetero) is 1. The molecule has 0 N–H and O–H groups in total. The van der Waals surface area contributed by atoms with E-state index in [4.69, 9.17) is 9.15 Å². The molecule has 1 saturated heterocycles. The molecular formula is C33H33F5N4O5. The molecule has 0 bridgehead atoms. The molecule has 2 fully saturated rings. The fourth-order valence-electron chi connectivity index (χ4n) is 6.94. The van der Waals surface area contributed by atoms with Crippen molar-refractivity contribution in [3.05, 3.63) is 54.0 Å². The maximum Gasteiger partial charge on any atom is 0.471 e. The normalized spacial score (nSPS) is 20.4. The number of rotatable bonds is 8. The van der Waals surface area contributed by atoms with E-state index in [1.807, 2.05) is 35.9 Å². The molecule has 9 nitrogen and oxygen atoms in total. The number of ether oxygens (including phenoxy) is 1. The Balaban J connectivity index is 1.36. The average Bonchev–Trinajstić information content (AvgIpc) is 3.82. The number of aryl methyl sites for hydroxylation is 1. The van der Waals surface area contributed by atoms with Crippen LogP contribution in [-0.2, 0) is 32.6 Å². The van der Waals surface area contributed by atoms with Crippen LogP contribution in [0.1, 0.15) is 44.1 Å². The molecule has 2 aromatic heterocycles. The summed E-state index contributed by atoms with van der Waals surface area (Å²) < 4.78 is 88.0. The monoisotopic (exact) mass is 660 g/mol. The Morgan fingerprint density at radius 1 is 1.02 bits per heavy atom. The van der Waals surface area contributed by atoms with Crippen LogP contribution in [0.15, 0.2) is 47.0 Å². The van der Waals surface area contributed by atoms with Crippen LogP contribution >= 0.6 is 0 Å². The number of aromatic nitrogens is 2. The average molecular weight is 661 g/mol. The molecule has 6 rings (SSSR count). The van der Waals surface area contributed by atoms with E-state index in [9.17, 15) is 27.6 Å². The molecule has 0 spiro atoms. The number of likely N-dealkylation sites (tertiary alicyclic amines) is 1. The topological polar surface area (TPSA) is 97.9 Å². The van der Waals surface area contributed by atoms with Gasteiger partial charge in [-0.1, -0.05) is 24.3 Å². The molecule has 2 aromatic carbocycles. The van der Waals surface area contributed by atoms with Crippen LogP contribution in [0, 0.1) is 11.7 Å². The van der Waals surface area contributed by atoms with Crippen molar-refractivity contribution in [2.45, 2.75) is 63.1 Å². The summed E-state index contributed by atoms with van der Waals surface area (Å²) in [6, 6.07) is 8.71. The van der Waals surface area contributed by atoms with Crippen molar-refractivity contribution in [3.8, 4) is 11.5 Å². The summed E-state index contributed by atoms with van der Waals surface area (Å²) in [7, 11) is 3.02. The summed E-state index contributed by atoms with van der Waals surface area (Å²) in [6.45, 7) is -0.168. The van der Waals surface area contributed by atoms with Crippen molar-refractivity contribution < 1.29 is 45.5 Å². The van der Waals surface area contributed by atoms with Gasteiger partial charge in [-0.2, -0.15) is 17.6 Å². The third-order valence-electron chi connectivity index (χ3n) is 9.31. The minimum Gasteiger partial charge on any atom is -0.469 e. The van der Waals surface area contributed by atoms with Crippen molar-refractivity contribution in [1.82, 2.24) is 19.4 Å². The summed E-state index contributed by atoms with van der Waals surface area (Å²) in [5.74, 6) is -9.53. The summed E-state index contributed by atoms with van der Waals surface area (Å²) in [5.41, 5.74) is 0.987. The maximum atomic E-state index is 17.5. The Bertz CT molecular complexity index is 1840. The van der Waals surface area contributed by atoms with Gasteiger partial charge in [-0.15, -0.1) is 0 Å². The van der Waals surface area contributed by atoms with E-state index in [-0.39, 0.29) is 66.2 Å². The molecule has 0 radical (unpaired) electrons. The van der Waals surface area contributed by atoms with E-state index in [1.54, 1.807) is 6.20 Å². The van der Waals surface area contributed by atoms with E-state index in [0.29, 0.717) is 18.4 Å². The van der Waals surface area contributed by atoms with Crippen molar-refractivity contribution in [2.24, 2.45) is 13.0 Å². The summed E-state index contributed by atoms with van der Waals surface area (Å²) in [6.07, 6.45) is -4.16. The van der Waals surface area contributed by atoms with Gasteiger partial charge >= 0.3 is 24.0 Å². The first-order chi connectivity index (χ1) is 22.3. The lowest BCUT2D eigenvalue weighted by Crippen LogP contribution is -2.68. The highest BCUT2D eigenvalue weighted by Gasteiger charge is 2.60. The van der Waals surface area contributed by atoms with Gasteiger partial charge in [0, 0.05) is 49.7 Å². The van der Waals surface area contributed by atoms with Crippen LogP contribution in [0.2, 0.25) is 0 Å². The van der Waals surface area contributed by atoms with Gasteiger partial charge in [-0.25, -0.2) is 14.3 Å². The number of alkyl halides is 4. The highest BCUT2D eigenvalue weighted by atomic mass is 19.4. The molecule has 3 heterocycles. The number of halogens is 5. The molecule has 14 heteroatoms. The number of carbonyl (C=O) groups excluding carboxylic acids is 3. The lowest BCUT2D eigenvalue weighted by Gasteiger charge is -2.47. The number of fused-ring (bicyclic) bond motifs is 2. The van der Waals surface area contributed by atoms with Crippen LogP contribution in [-0.4, -0.2) is 75.3 Å². The molecule has 4 aromatic rings. The lowest BCUT2D eigenvalue weighted by atomic mass is 9.84. The van der Waals surface area contributed by atoms with Crippen LogP contribution in [0.5, 0.6) is 0 Å². The number of amides is 1. The summed E-state index contributed by atoms with van der Waals surface area (Å²) in [4.78, 5) is 44.3. The van der Waals surface area contributed by atoms with E-state index in [1.165, 1.54) is 19.2 Å². The molecule has 1 aliphatic carbocycles. The molecule has 47 heavy (non-hydrogen) atoms. The summed E-state index contributed by atoms with van der Waals surface area (Å²) in [5, 5.41) is 0.806. The van der Waals surface area contributed by atoms with Crippen LogP contribution < -0.4 is 0 Å². The van der Waals surface area contributed by atoms with Gasteiger partial charge in [0.15, 0.2) is 11.4 Å². The number of carbonyl (C=O) groups is 3. The molecular weight excluding hydrogens is 627 g/mol. The fourth-order valence-corrected chi connectivity index (χ4v) is 6.94. The second-order valence-corrected chi connectivity index (χ2v) is 12.2. The third-order valence-corrected chi connectivity index (χ3v) is 9.31. The number of esters is 1. The second-order valence-electron chi connectivity index (χ2n) is 12.2. The Morgan fingerprint density at radius 2 is 1.70 bits per heavy atom. The smallest absolute Gasteiger partial charge is 0.469 e. The maximum absolute atomic E-state index is 17.5. The van der Waals surface area contributed by atoms with Crippen LogP contribution in [0.4, 0.5) is 22.0 Å². The van der Waals surface area contributed by atoms with E-state index < -0.39 is 54.0 Å². The van der Waals surface area contributed by atoms with Gasteiger partial charge in [0.2, 0.25) is 11.7 Å². The molecule has 2 aliphatic rings. The first-order valence-corrected chi connectivity index (χ1v) is 15.4. The number of methoxy groups -OCH3 is 1. The first kappa shape index (κ1) is 32.6. The zero-order chi connectivity index (χ0) is 33.7. The second kappa shape index (κ2) is 12.4. The van der Waals surface area contributed by atoms with E-state index in [0.717, 1.165) is 15.8 Å². The molecule has 1 aliphatic heterocycles. The standard InChI is InChI=1S/C33H33F5N4O5/c1-40-18-23(22-7-3-4-8-25(22)40)29-39-24-14-11-20(27(34)28(24)47-29)17-26(43)33(38,41-15-5-6-16-41)42(31(45)32(35,36)37)21-12-9-19(10-13-21)30(44)46-2/h3-4,7-8,11,14,18-19,21H,5-6,9-10,12-13,15-17H2,1-2H3/t19-,21-,33?. The SMILES string of the molecule is COC(=O)[C@H]1CC[C@H](N(C(=O)C(F)(F)F)C(F)(C(=O)Cc2ccc3nc(-c4cn(C)c5ccccc45)oc3c2F)N2CCCC2)CC1. The van der Waals surface area contributed by atoms with E-state index in [2.05, 4.69) is 4.98 Å². The minimum atomic E-state index is -5.50. The Labute approximate surface area is 266 Å². The van der Waals surface area contributed by atoms with Crippen LogP contribution in [0.3, 0.4) is 0 Å². The lowest BCUT2D eigenvalue weighted by molar-refractivity contribution is -0.224. The number of hydrogen-bond acceptors (Lipinski definition) is 7. The van der Waals surface area contributed by atoms with Gasteiger partial charge in [0.25, 0.3) is 0 Å². The van der Waals surface area contributed by atoms with Crippen molar-refractivity contribution in [3.63, 3.8) is 0 Å². The van der Waals surface area contributed by atoms with E-state index >= 15 is 8.78 Å². The Hall–Kier alpha value is -4.33. The number of para-hydroxylation sites is 1. The van der Waals surface area contributed by atoms with Gasteiger partial charge in [-0.05, 0) is 56.2 Å². The van der Waals surface area contributed by atoms with Gasteiger partial charge in [0.1, 0.15) is 5.52 Å². The first-order valence-electron chi connectivity index (χ1n) is 15.4. The fraction of sp³-hybridized carbons (Fsp3) is 0.455. The highest BCUT2D eigenvalue weighted by Crippen LogP contribution is 2.40. The predicted octanol–water partition coefficient (Wildman–Crippen LogP) is 6.08. The van der Waals surface area contributed by atoms with Crippen molar-refractivity contribution in [1.29, 1.82) is 0 Å². The van der Waals surface area contributed by atoms with Crippen LogP contribution in [0.25, 0.3) is 33.5 Å². The zero-order valence-electron chi connectivity index (χ0n) is 25.8. The highest BCUT2D eigenvalue weighted by molar-refractivity contribution is 5.96. The largest absolute Gasteiger partial charge is 0.471 e. The van der Waals surface area contributed by atoms with Gasteiger partial charge < -0.3 is 13.7 Å². The quantitative estimate of drug-likeness (QED) is 0.128. The molecule has 1 saturated carbocycles. The Morgan fingerprint density at radius 3 is 2.36 bits per heavy atom. The van der Waals surface area contributed by atoms with Gasteiger partial charge in [0.05, 0.1) is 18.6 Å². The molecule has 1 amide bonds. The third kappa shape index (κ3) is 5.76. The van der Waals surface area contributed by atoms with Gasteiger partial charge in [-0.3, -0.25) is 19.3 Å². The predicted molar refractivity (Wildman–Crippen MR) is 160 cm³/mol. The van der Waals surface area contributed by atoms with Crippen molar-refractivity contribution in [2.75, 3.05) is 20.2 Å². The Kier molecular flexibility index (Phi) is 8.58. The molecule has 1 unspecified atom stereocenters. The number of oxazole rings is 1. The molecule has 250 valence electrons. The number of hydrogen-bond donors (Lipinski definition) is 0. The zero-order valence-corrected chi connectivity index (χ0v) is 25.8. The number of ketones is 1. The summed E-state index contributed by atoms with van der Waals surface area (Å²) >= 11 is 0.